The van der Waals surface area contributed by atoms with Gasteiger partial charge in [-0.05, 0) is 26.0 Å². The van der Waals surface area contributed by atoms with Crippen molar-refractivity contribution in [3.05, 3.63) is 35.3 Å². The molecule has 4 nitrogen and oxygen atoms in total. The highest BCUT2D eigenvalue weighted by Gasteiger charge is 2.17. The molecule has 4 heteroatoms. The van der Waals surface area contributed by atoms with Crippen LogP contribution in [0.4, 0.5) is 0 Å². The molecule has 0 saturated heterocycles. The van der Waals surface area contributed by atoms with Crippen molar-refractivity contribution < 1.29 is 9.53 Å². The second-order valence-electron chi connectivity index (χ2n) is 3.40. The van der Waals surface area contributed by atoms with Crippen molar-refractivity contribution in [2.24, 2.45) is 0 Å². The number of aryl methyl sites for hydroxylation is 2. The normalized spacial score (nSPS) is 10.6. The molecule has 2 rings (SSSR count). The number of hydrogen-bond donors (Lipinski definition) is 0. The zero-order valence-corrected chi connectivity index (χ0v) is 8.94. The molecule has 2 aromatic heterocycles. The van der Waals surface area contributed by atoms with E-state index in [0.717, 1.165) is 11.3 Å². The Kier molecular flexibility index (Phi) is 2.19. The van der Waals surface area contributed by atoms with E-state index in [2.05, 4.69) is 4.98 Å². The monoisotopic (exact) mass is 204 g/mol. The lowest BCUT2D eigenvalue weighted by Crippen LogP contribution is -2.08. The highest BCUT2D eigenvalue weighted by Crippen LogP contribution is 2.15. The molecule has 0 aliphatic heterocycles. The number of carbonyl (C=O) groups excluding carboxylic acids is 1. The van der Waals surface area contributed by atoms with Crippen LogP contribution in [0.1, 0.15) is 21.9 Å². The fraction of sp³-hybridized carbons (Fsp3) is 0.273. The van der Waals surface area contributed by atoms with Crippen molar-refractivity contribution in [3.8, 4) is 0 Å². The number of carbonyl (C=O) groups is 1. The molecule has 0 bridgehead atoms. The highest BCUT2D eigenvalue weighted by atomic mass is 16.5. The first-order valence-corrected chi connectivity index (χ1v) is 4.68. The molecule has 0 atom stereocenters. The number of fused-ring (bicyclic) bond motifs is 1. The average molecular weight is 204 g/mol. The number of pyridine rings is 1. The van der Waals surface area contributed by atoms with Gasteiger partial charge >= 0.3 is 5.97 Å². The molecule has 15 heavy (non-hydrogen) atoms. The van der Waals surface area contributed by atoms with Gasteiger partial charge < -0.3 is 4.74 Å². The first-order chi connectivity index (χ1) is 7.15. The lowest BCUT2D eigenvalue weighted by atomic mass is 10.3. The van der Waals surface area contributed by atoms with Gasteiger partial charge in [-0.1, -0.05) is 6.07 Å². The van der Waals surface area contributed by atoms with E-state index >= 15 is 0 Å². The quantitative estimate of drug-likeness (QED) is 0.664. The third-order valence-corrected chi connectivity index (χ3v) is 2.39. The smallest absolute Gasteiger partial charge is 0.356 e. The van der Waals surface area contributed by atoms with E-state index in [-0.39, 0.29) is 5.97 Å². The number of hydrogen-bond acceptors (Lipinski definition) is 3. The molecule has 0 aromatic carbocycles. The van der Waals surface area contributed by atoms with Crippen LogP contribution in [0.2, 0.25) is 0 Å². The molecule has 0 N–H and O–H groups in total. The zero-order valence-electron chi connectivity index (χ0n) is 8.94. The topological polar surface area (TPSA) is 43.6 Å². The van der Waals surface area contributed by atoms with Crippen molar-refractivity contribution >= 4 is 11.6 Å². The van der Waals surface area contributed by atoms with Crippen LogP contribution in [-0.2, 0) is 4.74 Å². The number of rotatable bonds is 1. The Labute approximate surface area is 87.5 Å². The minimum atomic E-state index is -0.353. The first kappa shape index (κ1) is 9.71. The van der Waals surface area contributed by atoms with Gasteiger partial charge in [-0.2, -0.15) is 0 Å². The average Bonchev–Trinajstić information content (AvgIpc) is 2.55. The molecule has 0 unspecified atom stereocenters. The van der Waals surface area contributed by atoms with E-state index < -0.39 is 0 Å². The van der Waals surface area contributed by atoms with Gasteiger partial charge in [0.2, 0.25) is 0 Å². The number of aromatic nitrogens is 2. The highest BCUT2D eigenvalue weighted by molar-refractivity contribution is 5.90. The Hall–Kier alpha value is -1.84. The Morgan fingerprint density at radius 3 is 2.80 bits per heavy atom. The minimum absolute atomic E-state index is 0.353. The molecule has 0 spiro atoms. The van der Waals surface area contributed by atoms with E-state index in [1.54, 1.807) is 11.3 Å². The maximum Gasteiger partial charge on any atom is 0.356 e. The van der Waals surface area contributed by atoms with E-state index in [0.29, 0.717) is 11.4 Å². The second-order valence-corrected chi connectivity index (χ2v) is 3.40. The zero-order chi connectivity index (χ0) is 11.0. The number of ether oxygens (including phenoxy) is 1. The lowest BCUT2D eigenvalue weighted by Gasteiger charge is -2.03. The SMILES string of the molecule is COC(=O)c1c(C)nc2cccc(C)n12. The molecule has 0 aliphatic carbocycles. The van der Waals surface area contributed by atoms with Gasteiger partial charge in [0.05, 0.1) is 12.8 Å². The van der Waals surface area contributed by atoms with E-state index in [1.165, 1.54) is 7.11 Å². The molecule has 0 aliphatic rings. The van der Waals surface area contributed by atoms with Crippen LogP contribution in [0.5, 0.6) is 0 Å². The van der Waals surface area contributed by atoms with Gasteiger partial charge in [0.15, 0.2) is 5.69 Å². The van der Waals surface area contributed by atoms with Crippen LogP contribution in [0, 0.1) is 13.8 Å². The summed E-state index contributed by atoms with van der Waals surface area (Å²) in [5.41, 5.74) is 2.93. The summed E-state index contributed by atoms with van der Waals surface area (Å²) in [5.74, 6) is -0.353. The number of imidazole rings is 1. The van der Waals surface area contributed by atoms with Gasteiger partial charge in [0, 0.05) is 5.69 Å². The largest absolute Gasteiger partial charge is 0.464 e. The third kappa shape index (κ3) is 1.38. The Morgan fingerprint density at radius 2 is 2.13 bits per heavy atom. The molecule has 0 radical (unpaired) electrons. The van der Waals surface area contributed by atoms with Crippen molar-refractivity contribution in [1.82, 2.24) is 9.38 Å². The van der Waals surface area contributed by atoms with Crippen molar-refractivity contribution in [2.45, 2.75) is 13.8 Å². The summed E-state index contributed by atoms with van der Waals surface area (Å²) in [7, 11) is 1.37. The van der Waals surface area contributed by atoms with E-state index in [1.807, 2.05) is 25.1 Å². The standard InChI is InChI=1S/C11H12N2O2/c1-7-5-4-6-9-12-8(2)10(13(7)9)11(14)15-3/h4-6H,1-3H3. The number of methoxy groups -OCH3 is 1. The van der Waals surface area contributed by atoms with Crippen LogP contribution in [0.3, 0.4) is 0 Å². The maximum absolute atomic E-state index is 11.6. The van der Waals surface area contributed by atoms with Gasteiger partial charge in [-0.3, -0.25) is 4.40 Å². The van der Waals surface area contributed by atoms with Crippen molar-refractivity contribution in [2.75, 3.05) is 7.11 Å². The summed E-state index contributed by atoms with van der Waals surface area (Å²) >= 11 is 0. The molecular weight excluding hydrogens is 192 g/mol. The summed E-state index contributed by atoms with van der Waals surface area (Å²) in [6.45, 7) is 3.74. The van der Waals surface area contributed by atoms with E-state index in [4.69, 9.17) is 4.74 Å². The summed E-state index contributed by atoms with van der Waals surface area (Å²) < 4.78 is 6.55. The molecule has 2 aromatic rings. The van der Waals surface area contributed by atoms with E-state index in [9.17, 15) is 4.79 Å². The Bertz CT molecular complexity index is 529. The summed E-state index contributed by atoms with van der Waals surface area (Å²) in [6, 6.07) is 5.71. The van der Waals surface area contributed by atoms with Crippen LogP contribution in [-0.4, -0.2) is 22.5 Å². The second kappa shape index (κ2) is 3.38. The van der Waals surface area contributed by atoms with Crippen LogP contribution >= 0.6 is 0 Å². The fourth-order valence-corrected chi connectivity index (χ4v) is 1.70. The summed E-state index contributed by atoms with van der Waals surface area (Å²) in [6.07, 6.45) is 0. The predicted octanol–water partition coefficient (Wildman–Crippen LogP) is 1.74. The predicted molar refractivity (Wildman–Crippen MR) is 56.0 cm³/mol. The lowest BCUT2D eigenvalue weighted by molar-refractivity contribution is 0.0591. The van der Waals surface area contributed by atoms with Crippen LogP contribution < -0.4 is 0 Å². The van der Waals surface area contributed by atoms with Gasteiger partial charge in [-0.15, -0.1) is 0 Å². The maximum atomic E-state index is 11.6. The number of esters is 1. The molecule has 0 saturated carbocycles. The van der Waals surface area contributed by atoms with Crippen molar-refractivity contribution in [1.29, 1.82) is 0 Å². The summed E-state index contributed by atoms with van der Waals surface area (Å²) in [4.78, 5) is 15.9. The summed E-state index contributed by atoms with van der Waals surface area (Å²) in [5, 5.41) is 0. The van der Waals surface area contributed by atoms with Gasteiger partial charge in [0.25, 0.3) is 0 Å². The molecule has 0 fully saturated rings. The first-order valence-electron chi connectivity index (χ1n) is 4.68. The molecule has 2 heterocycles. The Morgan fingerprint density at radius 1 is 1.40 bits per heavy atom. The van der Waals surface area contributed by atoms with Crippen molar-refractivity contribution in [3.63, 3.8) is 0 Å². The Balaban J connectivity index is 2.82. The van der Waals surface area contributed by atoms with Crippen LogP contribution in [0.25, 0.3) is 5.65 Å². The molecule has 0 amide bonds. The van der Waals surface area contributed by atoms with Gasteiger partial charge in [0.1, 0.15) is 5.65 Å². The fourth-order valence-electron chi connectivity index (χ4n) is 1.70. The molecule has 78 valence electrons. The molecular formula is C11H12N2O2. The van der Waals surface area contributed by atoms with Crippen LogP contribution in [0.15, 0.2) is 18.2 Å². The minimum Gasteiger partial charge on any atom is -0.464 e. The number of nitrogens with zero attached hydrogens (tertiary/aromatic N) is 2. The van der Waals surface area contributed by atoms with Gasteiger partial charge in [-0.25, -0.2) is 9.78 Å². The third-order valence-electron chi connectivity index (χ3n) is 2.39.